The molecule has 0 saturated heterocycles. The Labute approximate surface area is 183 Å². The van der Waals surface area contributed by atoms with Gasteiger partial charge in [0.15, 0.2) is 23.0 Å². The van der Waals surface area contributed by atoms with Crippen molar-refractivity contribution in [1.29, 1.82) is 0 Å². The van der Waals surface area contributed by atoms with Gasteiger partial charge in [-0.2, -0.15) is 0 Å². The van der Waals surface area contributed by atoms with Gasteiger partial charge in [-0.15, -0.1) is 0 Å². The quantitative estimate of drug-likeness (QED) is 0.639. The Kier molecular flexibility index (Phi) is 6.76. The van der Waals surface area contributed by atoms with Crippen LogP contribution >= 0.6 is 11.8 Å². The van der Waals surface area contributed by atoms with Gasteiger partial charge >= 0.3 is 5.97 Å². The van der Waals surface area contributed by atoms with Gasteiger partial charge in [0.1, 0.15) is 16.4 Å². The maximum Gasteiger partial charge on any atom is 0.344 e. The Balaban J connectivity index is 2.05. The second-order valence-electron chi connectivity index (χ2n) is 6.21. The largest absolute Gasteiger partial charge is 0.506 e. The predicted octanol–water partition coefficient (Wildman–Crippen LogP) is 4.22. The highest BCUT2D eigenvalue weighted by atomic mass is 32.2. The van der Waals surface area contributed by atoms with Crippen LogP contribution in [0.2, 0.25) is 0 Å². The van der Waals surface area contributed by atoms with Crippen LogP contribution in [0.15, 0.2) is 57.6 Å². The van der Waals surface area contributed by atoms with E-state index in [0.717, 1.165) is 11.8 Å². The predicted molar refractivity (Wildman–Crippen MR) is 119 cm³/mol. The molecule has 0 radical (unpaired) electrons. The molecule has 0 saturated carbocycles. The molecule has 1 heterocycles. The van der Waals surface area contributed by atoms with Crippen LogP contribution in [0.3, 0.4) is 0 Å². The number of rotatable bonds is 6. The number of esters is 1. The highest BCUT2D eigenvalue weighted by molar-refractivity contribution is 8.18. The summed E-state index contributed by atoms with van der Waals surface area (Å²) in [6.07, 6.45) is 1.65. The molecule has 0 unspecified atom stereocenters. The number of carbonyl (C=O) groups excluding carboxylic acids is 1. The monoisotopic (exact) mass is 443 g/mol. The zero-order valence-corrected chi connectivity index (χ0v) is 18.1. The molecule has 0 aromatic heterocycles. The number of phenols is 1. The molecule has 0 bridgehead atoms. The van der Waals surface area contributed by atoms with Crippen LogP contribution in [0.4, 0.5) is 5.69 Å². The first kappa shape index (κ1) is 22.1. The van der Waals surface area contributed by atoms with Crippen molar-refractivity contribution in [1.82, 2.24) is 0 Å². The molecule has 9 heteroatoms. The standard InChI is InChI=1S/C22H21NO7S/c1-27-15-8-6-13(11-17(15)29-3)23-21-19(22(26)30-4)20(25)18(31-21)10-12-5-7-14(24)16(9-12)28-2/h5-11,24-25H,1-4H3. The number of hydrogen-bond donors (Lipinski definition) is 2. The van der Waals surface area contributed by atoms with Crippen LogP contribution in [0.1, 0.15) is 5.56 Å². The van der Waals surface area contributed by atoms with Crippen molar-refractivity contribution in [2.75, 3.05) is 28.4 Å². The Hall–Kier alpha value is -3.59. The molecule has 0 spiro atoms. The third-order valence-corrected chi connectivity index (χ3v) is 5.40. The zero-order valence-electron chi connectivity index (χ0n) is 17.3. The molecule has 162 valence electrons. The number of ether oxygens (including phenoxy) is 4. The van der Waals surface area contributed by atoms with Gasteiger partial charge in [0.2, 0.25) is 0 Å². The summed E-state index contributed by atoms with van der Waals surface area (Å²) in [4.78, 5) is 17.2. The van der Waals surface area contributed by atoms with E-state index in [4.69, 9.17) is 18.9 Å². The van der Waals surface area contributed by atoms with E-state index >= 15 is 0 Å². The van der Waals surface area contributed by atoms with Crippen LogP contribution in [-0.4, -0.2) is 49.7 Å². The van der Waals surface area contributed by atoms with Gasteiger partial charge in [-0.3, -0.25) is 0 Å². The number of thioether (sulfide) groups is 1. The van der Waals surface area contributed by atoms with E-state index in [-0.39, 0.29) is 27.9 Å². The number of phenolic OH excluding ortho intramolecular Hbond substituents is 1. The van der Waals surface area contributed by atoms with E-state index < -0.39 is 5.97 Å². The van der Waals surface area contributed by atoms with Gasteiger partial charge in [-0.1, -0.05) is 17.8 Å². The summed E-state index contributed by atoms with van der Waals surface area (Å²) in [5, 5.41) is 20.8. The number of methoxy groups -OCH3 is 4. The zero-order chi connectivity index (χ0) is 22.5. The van der Waals surface area contributed by atoms with Crippen LogP contribution in [-0.2, 0) is 9.53 Å². The first-order chi connectivity index (χ1) is 14.9. The number of aliphatic hydroxyl groups is 1. The maximum atomic E-state index is 12.3. The Morgan fingerprint density at radius 2 is 1.65 bits per heavy atom. The minimum atomic E-state index is -0.712. The summed E-state index contributed by atoms with van der Waals surface area (Å²) in [6, 6.07) is 9.79. The van der Waals surface area contributed by atoms with Crippen LogP contribution < -0.4 is 14.2 Å². The first-order valence-electron chi connectivity index (χ1n) is 9.01. The van der Waals surface area contributed by atoms with E-state index in [9.17, 15) is 15.0 Å². The van der Waals surface area contributed by atoms with Gasteiger partial charge in [-0.05, 0) is 35.9 Å². The third kappa shape index (κ3) is 4.61. The highest BCUT2D eigenvalue weighted by Crippen LogP contribution is 2.41. The smallest absolute Gasteiger partial charge is 0.344 e. The number of benzene rings is 2. The summed E-state index contributed by atoms with van der Waals surface area (Å²) >= 11 is 1.11. The molecule has 1 aliphatic rings. The fourth-order valence-corrected chi connectivity index (χ4v) is 3.87. The van der Waals surface area contributed by atoms with Gasteiger partial charge < -0.3 is 29.2 Å². The average Bonchev–Trinajstić information content (AvgIpc) is 3.08. The molecule has 8 nitrogen and oxygen atoms in total. The third-order valence-electron chi connectivity index (χ3n) is 4.38. The van der Waals surface area contributed by atoms with Crippen molar-refractivity contribution < 1.29 is 34.0 Å². The van der Waals surface area contributed by atoms with Crippen molar-refractivity contribution >= 4 is 34.5 Å². The van der Waals surface area contributed by atoms with Crippen LogP contribution in [0.5, 0.6) is 23.0 Å². The van der Waals surface area contributed by atoms with Gasteiger partial charge in [-0.25, -0.2) is 9.79 Å². The molecule has 1 aliphatic heterocycles. The average molecular weight is 443 g/mol. The normalized spacial score (nSPS) is 16.0. The molecule has 2 aromatic carbocycles. The minimum absolute atomic E-state index is 0.00515. The van der Waals surface area contributed by atoms with Crippen LogP contribution in [0.25, 0.3) is 6.08 Å². The lowest BCUT2D eigenvalue weighted by Gasteiger charge is -2.08. The number of aliphatic hydroxyl groups excluding tert-OH is 1. The molecular weight excluding hydrogens is 422 g/mol. The fraction of sp³-hybridized carbons (Fsp3) is 0.182. The van der Waals surface area contributed by atoms with Crippen LogP contribution in [0, 0.1) is 0 Å². The molecule has 0 atom stereocenters. The van der Waals surface area contributed by atoms with Crippen molar-refractivity contribution in [3.63, 3.8) is 0 Å². The molecule has 2 aromatic rings. The van der Waals surface area contributed by atoms with Gasteiger partial charge in [0.25, 0.3) is 0 Å². The van der Waals surface area contributed by atoms with Crippen molar-refractivity contribution in [3.8, 4) is 23.0 Å². The van der Waals surface area contributed by atoms with E-state index in [1.165, 1.54) is 34.5 Å². The topological polar surface area (TPSA) is 107 Å². The molecule has 2 N–H and O–H groups in total. The summed E-state index contributed by atoms with van der Waals surface area (Å²) in [6.45, 7) is 0. The van der Waals surface area contributed by atoms with Crippen molar-refractivity contribution in [2.45, 2.75) is 0 Å². The molecule has 31 heavy (non-hydrogen) atoms. The summed E-state index contributed by atoms with van der Waals surface area (Å²) in [5.74, 6) is 0.341. The van der Waals surface area contributed by atoms with Crippen molar-refractivity contribution in [3.05, 3.63) is 58.2 Å². The van der Waals surface area contributed by atoms with E-state index in [1.54, 1.807) is 36.4 Å². The fourth-order valence-electron chi connectivity index (χ4n) is 2.84. The second kappa shape index (κ2) is 9.48. The Morgan fingerprint density at radius 1 is 0.935 bits per heavy atom. The van der Waals surface area contributed by atoms with E-state index in [2.05, 4.69) is 4.99 Å². The number of hydrogen-bond acceptors (Lipinski definition) is 9. The number of aromatic hydroxyl groups is 1. The lowest BCUT2D eigenvalue weighted by molar-refractivity contribution is -0.135. The number of nitrogens with zero attached hydrogens (tertiary/aromatic N) is 1. The van der Waals surface area contributed by atoms with Gasteiger partial charge in [0.05, 0.1) is 39.0 Å². The maximum absolute atomic E-state index is 12.3. The Bertz CT molecular complexity index is 1110. The summed E-state index contributed by atoms with van der Waals surface area (Å²) in [5.41, 5.74) is 1.11. The molecule has 3 rings (SSSR count). The summed E-state index contributed by atoms with van der Waals surface area (Å²) in [7, 11) is 5.71. The lowest BCUT2D eigenvalue weighted by Crippen LogP contribution is -2.10. The molecular formula is C22H21NO7S. The molecule has 0 fully saturated rings. The molecule has 0 aliphatic carbocycles. The molecule has 0 amide bonds. The van der Waals surface area contributed by atoms with E-state index in [1.807, 2.05) is 0 Å². The summed E-state index contributed by atoms with van der Waals surface area (Å²) < 4.78 is 20.5. The van der Waals surface area contributed by atoms with Gasteiger partial charge in [0, 0.05) is 6.07 Å². The van der Waals surface area contributed by atoms with E-state index in [0.29, 0.717) is 27.7 Å². The SMILES string of the molecule is COC(=O)C1=C(O)C(=Cc2ccc(O)c(OC)c2)SC1=Nc1ccc(OC)c(OC)c1. The lowest BCUT2D eigenvalue weighted by atomic mass is 10.1. The van der Waals surface area contributed by atoms with Crippen molar-refractivity contribution in [2.24, 2.45) is 4.99 Å². The Morgan fingerprint density at radius 3 is 2.29 bits per heavy atom. The second-order valence-corrected chi connectivity index (χ2v) is 7.24. The first-order valence-corrected chi connectivity index (χ1v) is 9.83. The number of carbonyl (C=O) groups is 1. The number of aliphatic imine (C=N–C) groups is 1. The minimum Gasteiger partial charge on any atom is -0.506 e. The highest BCUT2D eigenvalue weighted by Gasteiger charge is 2.33.